The molecule has 0 amide bonds. The highest BCUT2D eigenvalue weighted by molar-refractivity contribution is 7.99. The Hall–Kier alpha value is -0.500. The van der Waals surface area contributed by atoms with Gasteiger partial charge in [0.2, 0.25) is 0 Å². The van der Waals surface area contributed by atoms with Gasteiger partial charge in [0.1, 0.15) is 0 Å². The zero-order valence-electron chi connectivity index (χ0n) is 7.49. The highest BCUT2D eigenvalue weighted by Crippen LogP contribution is 2.06. The molecule has 0 atom stereocenters. The van der Waals surface area contributed by atoms with Gasteiger partial charge in [0.15, 0.2) is 0 Å². The molecule has 0 N–H and O–H groups in total. The van der Waals surface area contributed by atoms with Crippen LogP contribution in [0.25, 0.3) is 0 Å². The molecule has 0 saturated carbocycles. The average molecular weight is 181 g/mol. The molecular formula is C10H15NS. The van der Waals surface area contributed by atoms with Crippen LogP contribution in [-0.2, 0) is 6.42 Å². The maximum absolute atomic E-state index is 3.98. The van der Waals surface area contributed by atoms with Gasteiger partial charge in [-0.25, -0.2) is 0 Å². The molecule has 0 saturated heterocycles. The topological polar surface area (TPSA) is 12.9 Å². The molecule has 12 heavy (non-hydrogen) atoms. The van der Waals surface area contributed by atoms with E-state index in [1.54, 1.807) is 0 Å². The SMILES string of the molecule is CCSCCCc1ccncc1. The second kappa shape index (κ2) is 6.06. The van der Waals surface area contributed by atoms with Gasteiger partial charge in [-0.2, -0.15) is 11.8 Å². The molecule has 0 spiro atoms. The molecule has 0 unspecified atom stereocenters. The standard InChI is InChI=1S/C10H15NS/c1-2-12-9-3-4-10-5-7-11-8-6-10/h5-8H,2-4,9H2,1H3. The second-order valence-corrected chi connectivity index (χ2v) is 4.05. The summed E-state index contributed by atoms with van der Waals surface area (Å²) >= 11 is 2.01. The number of rotatable bonds is 5. The molecule has 0 fully saturated rings. The Labute approximate surface area is 78.6 Å². The summed E-state index contributed by atoms with van der Waals surface area (Å²) in [5.41, 5.74) is 1.40. The van der Waals surface area contributed by atoms with E-state index in [1.165, 1.54) is 29.9 Å². The van der Waals surface area contributed by atoms with E-state index in [1.807, 2.05) is 24.2 Å². The minimum absolute atomic E-state index is 1.19. The fourth-order valence-electron chi connectivity index (χ4n) is 1.07. The van der Waals surface area contributed by atoms with E-state index in [2.05, 4.69) is 24.0 Å². The molecule has 66 valence electrons. The summed E-state index contributed by atoms with van der Waals surface area (Å²) in [5.74, 6) is 2.51. The van der Waals surface area contributed by atoms with Gasteiger partial charge in [-0.3, -0.25) is 4.98 Å². The number of thioether (sulfide) groups is 1. The van der Waals surface area contributed by atoms with Crippen molar-refractivity contribution in [1.29, 1.82) is 0 Å². The lowest BCUT2D eigenvalue weighted by Gasteiger charge is -1.99. The van der Waals surface area contributed by atoms with Gasteiger partial charge < -0.3 is 0 Å². The highest BCUT2D eigenvalue weighted by Gasteiger charge is 1.91. The summed E-state index contributed by atoms with van der Waals surface area (Å²) in [6, 6.07) is 4.19. The summed E-state index contributed by atoms with van der Waals surface area (Å²) in [6.07, 6.45) is 6.20. The minimum Gasteiger partial charge on any atom is -0.265 e. The number of aromatic nitrogens is 1. The van der Waals surface area contributed by atoms with E-state index < -0.39 is 0 Å². The average Bonchev–Trinajstić information content (AvgIpc) is 2.14. The Morgan fingerprint density at radius 3 is 2.75 bits per heavy atom. The molecule has 1 heterocycles. The number of pyridine rings is 1. The van der Waals surface area contributed by atoms with Crippen molar-refractivity contribution in [2.45, 2.75) is 19.8 Å². The predicted octanol–water partition coefficient (Wildman–Crippen LogP) is 2.77. The van der Waals surface area contributed by atoms with Crippen LogP contribution in [-0.4, -0.2) is 16.5 Å². The third-order valence-electron chi connectivity index (χ3n) is 1.71. The van der Waals surface area contributed by atoms with E-state index in [0.29, 0.717) is 0 Å². The van der Waals surface area contributed by atoms with Crippen molar-refractivity contribution >= 4 is 11.8 Å². The largest absolute Gasteiger partial charge is 0.265 e. The van der Waals surface area contributed by atoms with Crippen molar-refractivity contribution in [2.75, 3.05) is 11.5 Å². The highest BCUT2D eigenvalue weighted by atomic mass is 32.2. The predicted molar refractivity (Wildman–Crippen MR) is 55.6 cm³/mol. The number of nitrogens with zero attached hydrogens (tertiary/aromatic N) is 1. The Kier molecular flexibility index (Phi) is 4.85. The first-order chi connectivity index (χ1) is 5.93. The van der Waals surface area contributed by atoms with Crippen molar-refractivity contribution < 1.29 is 0 Å². The summed E-state index contributed by atoms with van der Waals surface area (Å²) < 4.78 is 0. The number of hydrogen-bond donors (Lipinski definition) is 0. The van der Waals surface area contributed by atoms with Crippen molar-refractivity contribution in [3.05, 3.63) is 30.1 Å². The summed E-state index contributed by atoms with van der Waals surface area (Å²) in [4.78, 5) is 3.98. The quantitative estimate of drug-likeness (QED) is 0.648. The Balaban J connectivity index is 2.16. The fraction of sp³-hybridized carbons (Fsp3) is 0.500. The normalized spacial score (nSPS) is 10.1. The molecular weight excluding hydrogens is 166 g/mol. The molecule has 2 heteroatoms. The lowest BCUT2D eigenvalue weighted by atomic mass is 10.2. The Morgan fingerprint density at radius 1 is 1.33 bits per heavy atom. The van der Waals surface area contributed by atoms with Gasteiger partial charge in [0.05, 0.1) is 0 Å². The van der Waals surface area contributed by atoms with Gasteiger partial charge in [0.25, 0.3) is 0 Å². The van der Waals surface area contributed by atoms with E-state index in [4.69, 9.17) is 0 Å². The minimum atomic E-state index is 1.19. The molecule has 1 nitrogen and oxygen atoms in total. The lowest BCUT2D eigenvalue weighted by molar-refractivity contribution is 0.929. The Bertz CT molecular complexity index is 198. The van der Waals surface area contributed by atoms with Crippen molar-refractivity contribution in [1.82, 2.24) is 4.98 Å². The van der Waals surface area contributed by atoms with Crippen molar-refractivity contribution in [3.63, 3.8) is 0 Å². The molecule has 1 aromatic rings. The van der Waals surface area contributed by atoms with E-state index in [-0.39, 0.29) is 0 Å². The fourth-order valence-corrected chi connectivity index (χ4v) is 1.71. The van der Waals surface area contributed by atoms with Gasteiger partial charge in [-0.15, -0.1) is 0 Å². The summed E-state index contributed by atoms with van der Waals surface area (Å²) in [5, 5.41) is 0. The zero-order valence-corrected chi connectivity index (χ0v) is 8.31. The van der Waals surface area contributed by atoms with Crippen LogP contribution in [0.2, 0.25) is 0 Å². The van der Waals surface area contributed by atoms with Gasteiger partial charge >= 0.3 is 0 Å². The zero-order chi connectivity index (χ0) is 8.65. The van der Waals surface area contributed by atoms with Crippen LogP contribution in [0.5, 0.6) is 0 Å². The molecule has 0 aliphatic rings. The smallest absolute Gasteiger partial charge is 0.0270 e. The first-order valence-electron chi connectivity index (χ1n) is 4.40. The molecule has 1 aromatic heterocycles. The van der Waals surface area contributed by atoms with Gasteiger partial charge in [-0.05, 0) is 42.0 Å². The second-order valence-electron chi connectivity index (χ2n) is 2.66. The van der Waals surface area contributed by atoms with E-state index >= 15 is 0 Å². The molecule has 0 radical (unpaired) electrons. The summed E-state index contributed by atoms with van der Waals surface area (Å²) in [6.45, 7) is 2.21. The van der Waals surface area contributed by atoms with Gasteiger partial charge in [-0.1, -0.05) is 6.92 Å². The van der Waals surface area contributed by atoms with Crippen molar-refractivity contribution in [2.24, 2.45) is 0 Å². The lowest BCUT2D eigenvalue weighted by Crippen LogP contribution is -1.87. The van der Waals surface area contributed by atoms with Crippen LogP contribution in [0.15, 0.2) is 24.5 Å². The Morgan fingerprint density at radius 2 is 2.08 bits per heavy atom. The van der Waals surface area contributed by atoms with Gasteiger partial charge in [0, 0.05) is 12.4 Å². The maximum Gasteiger partial charge on any atom is 0.0270 e. The maximum atomic E-state index is 3.98. The molecule has 0 bridgehead atoms. The van der Waals surface area contributed by atoms with Crippen LogP contribution in [0.1, 0.15) is 18.9 Å². The third-order valence-corrected chi connectivity index (χ3v) is 2.69. The van der Waals surface area contributed by atoms with Crippen LogP contribution in [0, 0.1) is 0 Å². The van der Waals surface area contributed by atoms with Crippen LogP contribution in [0.4, 0.5) is 0 Å². The number of hydrogen-bond acceptors (Lipinski definition) is 2. The molecule has 0 aromatic carbocycles. The summed E-state index contributed by atoms with van der Waals surface area (Å²) in [7, 11) is 0. The number of aryl methyl sites for hydroxylation is 1. The molecule has 1 rings (SSSR count). The van der Waals surface area contributed by atoms with E-state index in [9.17, 15) is 0 Å². The van der Waals surface area contributed by atoms with E-state index in [0.717, 1.165) is 0 Å². The van der Waals surface area contributed by atoms with Crippen LogP contribution < -0.4 is 0 Å². The molecule has 0 aliphatic carbocycles. The first-order valence-corrected chi connectivity index (χ1v) is 5.55. The van der Waals surface area contributed by atoms with Crippen LogP contribution in [0.3, 0.4) is 0 Å². The first kappa shape index (κ1) is 9.59. The monoisotopic (exact) mass is 181 g/mol. The third kappa shape index (κ3) is 3.77. The van der Waals surface area contributed by atoms with Crippen LogP contribution >= 0.6 is 11.8 Å². The van der Waals surface area contributed by atoms with Crippen molar-refractivity contribution in [3.8, 4) is 0 Å². The molecule has 0 aliphatic heterocycles.